The van der Waals surface area contributed by atoms with Crippen LogP contribution in [0.2, 0.25) is 0 Å². The highest BCUT2D eigenvalue weighted by molar-refractivity contribution is 5.99. The normalized spacial score (nSPS) is 12.6. The van der Waals surface area contributed by atoms with Crippen LogP contribution in [0.15, 0.2) is 30.3 Å². The average Bonchev–Trinajstić information content (AvgIpc) is 3.01. The lowest BCUT2D eigenvalue weighted by Crippen LogP contribution is -2.30. The molecule has 2 aromatic rings. The maximum atomic E-state index is 12.9. The highest BCUT2D eigenvalue weighted by Gasteiger charge is 2.36. The molecule has 1 aromatic carbocycles. The van der Waals surface area contributed by atoms with Crippen molar-refractivity contribution in [3.05, 3.63) is 58.4 Å². The summed E-state index contributed by atoms with van der Waals surface area (Å²) in [6.45, 7) is 4.76. The van der Waals surface area contributed by atoms with E-state index in [9.17, 15) is 19.2 Å². The molecule has 2 atom stereocenters. The van der Waals surface area contributed by atoms with Crippen molar-refractivity contribution in [3.8, 4) is 0 Å². The van der Waals surface area contributed by atoms with Gasteiger partial charge in [-0.05, 0) is 31.9 Å². The molecule has 0 aliphatic carbocycles. The lowest BCUT2D eigenvalue weighted by molar-refractivity contribution is -0.148. The standard InChI is InChI=1S/C23H27NO7/c1-13-14(2)24(20(23(28)31-6)16-10-8-7-9-11-16)18(19(13)22(27)30-5)12-17(15(3)25)21(26)29-4/h7-11,17,20H,12H2,1-6H3/t17-,20-/m0/s1. The molecule has 0 unspecified atom stereocenters. The summed E-state index contributed by atoms with van der Waals surface area (Å²) in [7, 11) is 3.71. The van der Waals surface area contributed by atoms with E-state index in [2.05, 4.69) is 0 Å². The Morgan fingerprint density at radius 3 is 1.97 bits per heavy atom. The predicted octanol–water partition coefficient (Wildman–Crippen LogP) is 2.57. The highest BCUT2D eigenvalue weighted by Crippen LogP contribution is 2.33. The van der Waals surface area contributed by atoms with Crippen LogP contribution in [0.1, 0.15) is 45.8 Å². The minimum absolute atomic E-state index is 0.137. The van der Waals surface area contributed by atoms with E-state index in [1.54, 1.807) is 42.7 Å². The number of hydrogen-bond donors (Lipinski definition) is 0. The smallest absolute Gasteiger partial charge is 0.339 e. The number of ether oxygens (including phenoxy) is 3. The Morgan fingerprint density at radius 1 is 0.903 bits per heavy atom. The van der Waals surface area contributed by atoms with Crippen LogP contribution in [0.25, 0.3) is 0 Å². The fourth-order valence-corrected chi connectivity index (χ4v) is 3.69. The third-order valence-electron chi connectivity index (χ3n) is 5.42. The minimum atomic E-state index is -1.14. The molecule has 0 spiro atoms. The molecule has 8 nitrogen and oxygen atoms in total. The predicted molar refractivity (Wildman–Crippen MR) is 112 cm³/mol. The second kappa shape index (κ2) is 10.1. The van der Waals surface area contributed by atoms with E-state index in [-0.39, 0.29) is 12.0 Å². The first-order chi connectivity index (χ1) is 14.7. The van der Waals surface area contributed by atoms with Crippen LogP contribution in [-0.2, 0) is 35.0 Å². The number of Topliss-reactive ketones (excluding diaryl/α,β-unsaturated/α-hetero) is 1. The number of carbonyl (C=O) groups is 4. The van der Waals surface area contributed by atoms with Gasteiger partial charge >= 0.3 is 17.9 Å². The third-order valence-corrected chi connectivity index (χ3v) is 5.42. The number of carbonyl (C=O) groups excluding carboxylic acids is 4. The Bertz CT molecular complexity index is 991. The second-order valence-electron chi connectivity index (χ2n) is 7.12. The lowest BCUT2D eigenvalue weighted by atomic mass is 9.95. The monoisotopic (exact) mass is 429 g/mol. The van der Waals surface area contributed by atoms with Crippen molar-refractivity contribution in [2.24, 2.45) is 5.92 Å². The molecule has 0 N–H and O–H groups in total. The number of ketones is 1. The van der Waals surface area contributed by atoms with E-state index in [1.807, 2.05) is 6.07 Å². The van der Waals surface area contributed by atoms with Crippen molar-refractivity contribution < 1.29 is 33.4 Å². The first kappa shape index (κ1) is 23.9. The molecule has 1 aromatic heterocycles. The van der Waals surface area contributed by atoms with Crippen molar-refractivity contribution >= 4 is 23.7 Å². The molecule has 0 aliphatic rings. The molecular weight excluding hydrogens is 402 g/mol. The second-order valence-corrected chi connectivity index (χ2v) is 7.12. The third kappa shape index (κ3) is 4.68. The summed E-state index contributed by atoms with van der Waals surface area (Å²) in [5.74, 6) is -3.46. The van der Waals surface area contributed by atoms with Gasteiger partial charge in [-0.2, -0.15) is 0 Å². The first-order valence-corrected chi connectivity index (χ1v) is 9.69. The number of hydrogen-bond acceptors (Lipinski definition) is 7. The Morgan fingerprint density at radius 2 is 1.48 bits per heavy atom. The van der Waals surface area contributed by atoms with Crippen LogP contribution >= 0.6 is 0 Å². The maximum Gasteiger partial charge on any atom is 0.339 e. The Labute approximate surface area is 181 Å². The van der Waals surface area contributed by atoms with Crippen molar-refractivity contribution in [2.75, 3.05) is 21.3 Å². The molecule has 31 heavy (non-hydrogen) atoms. The summed E-state index contributed by atoms with van der Waals surface area (Å²) in [5.41, 5.74) is 2.36. The number of benzene rings is 1. The van der Waals surface area contributed by atoms with Crippen LogP contribution in [0, 0.1) is 19.8 Å². The largest absolute Gasteiger partial charge is 0.468 e. The van der Waals surface area contributed by atoms with Gasteiger partial charge in [0.1, 0.15) is 11.7 Å². The summed E-state index contributed by atoms with van der Waals surface area (Å²) in [6, 6.07) is 7.98. The van der Waals surface area contributed by atoms with Gasteiger partial charge in [0.15, 0.2) is 6.04 Å². The number of rotatable bonds is 8. The van der Waals surface area contributed by atoms with E-state index in [0.717, 1.165) is 0 Å². The molecule has 0 aliphatic heterocycles. The van der Waals surface area contributed by atoms with Crippen molar-refractivity contribution in [1.29, 1.82) is 0 Å². The van der Waals surface area contributed by atoms with Gasteiger partial charge in [0, 0.05) is 17.8 Å². The van der Waals surface area contributed by atoms with Crippen LogP contribution < -0.4 is 0 Å². The van der Waals surface area contributed by atoms with Crippen LogP contribution in [0.4, 0.5) is 0 Å². The molecule has 8 heteroatoms. The number of nitrogens with zero attached hydrogens (tertiary/aromatic N) is 1. The van der Waals surface area contributed by atoms with Crippen molar-refractivity contribution in [2.45, 2.75) is 33.2 Å². The van der Waals surface area contributed by atoms with Gasteiger partial charge in [-0.3, -0.25) is 9.59 Å². The van der Waals surface area contributed by atoms with E-state index < -0.39 is 35.7 Å². The summed E-state index contributed by atoms with van der Waals surface area (Å²) >= 11 is 0. The average molecular weight is 429 g/mol. The molecule has 0 saturated carbocycles. The highest BCUT2D eigenvalue weighted by atomic mass is 16.5. The topological polar surface area (TPSA) is 101 Å². The minimum Gasteiger partial charge on any atom is -0.468 e. The fraction of sp³-hybridized carbons (Fsp3) is 0.391. The Hall–Kier alpha value is -3.42. The summed E-state index contributed by atoms with van der Waals surface area (Å²) in [4.78, 5) is 50.0. The van der Waals surface area contributed by atoms with Gasteiger partial charge in [-0.1, -0.05) is 30.3 Å². The van der Waals surface area contributed by atoms with Gasteiger partial charge in [0.05, 0.1) is 26.9 Å². The van der Waals surface area contributed by atoms with E-state index in [0.29, 0.717) is 22.5 Å². The molecule has 0 saturated heterocycles. The molecule has 0 amide bonds. The first-order valence-electron chi connectivity index (χ1n) is 9.69. The zero-order valence-electron chi connectivity index (χ0n) is 18.6. The molecule has 166 valence electrons. The summed E-state index contributed by atoms with van der Waals surface area (Å²) < 4.78 is 16.4. The maximum absolute atomic E-state index is 12.9. The van der Waals surface area contributed by atoms with Gasteiger partial charge < -0.3 is 18.8 Å². The van der Waals surface area contributed by atoms with Crippen LogP contribution in [-0.4, -0.2) is 49.6 Å². The zero-order valence-corrected chi connectivity index (χ0v) is 18.6. The summed E-state index contributed by atoms with van der Waals surface area (Å²) in [6.07, 6.45) is -0.137. The van der Waals surface area contributed by atoms with Gasteiger partial charge in [0.25, 0.3) is 0 Å². The van der Waals surface area contributed by atoms with Gasteiger partial charge in [-0.25, -0.2) is 9.59 Å². The van der Waals surface area contributed by atoms with E-state index >= 15 is 0 Å². The van der Waals surface area contributed by atoms with Gasteiger partial charge in [-0.15, -0.1) is 0 Å². The van der Waals surface area contributed by atoms with Gasteiger partial charge in [0.2, 0.25) is 0 Å². The fourth-order valence-electron chi connectivity index (χ4n) is 3.69. The van der Waals surface area contributed by atoms with E-state index in [1.165, 1.54) is 28.3 Å². The van der Waals surface area contributed by atoms with E-state index in [4.69, 9.17) is 14.2 Å². The molecule has 0 bridgehead atoms. The molecule has 1 heterocycles. The van der Waals surface area contributed by atoms with Crippen molar-refractivity contribution in [1.82, 2.24) is 4.57 Å². The lowest BCUT2D eigenvalue weighted by Gasteiger charge is -2.23. The SMILES string of the molecule is COC(=O)c1c(C)c(C)n([C@H](C(=O)OC)c2ccccc2)c1C[C@@H](C(C)=O)C(=O)OC. The zero-order chi connectivity index (χ0) is 23.3. The number of aromatic nitrogens is 1. The van der Waals surface area contributed by atoms with Crippen LogP contribution in [0.3, 0.4) is 0 Å². The number of esters is 3. The molecule has 0 radical (unpaired) electrons. The quantitative estimate of drug-likeness (QED) is 0.361. The number of methoxy groups -OCH3 is 3. The van der Waals surface area contributed by atoms with Crippen LogP contribution in [0.5, 0.6) is 0 Å². The molecule has 2 rings (SSSR count). The Kier molecular flexibility index (Phi) is 7.74. The molecule has 0 fully saturated rings. The Balaban J connectivity index is 2.85. The molecular formula is C23H27NO7. The van der Waals surface area contributed by atoms with Crippen molar-refractivity contribution in [3.63, 3.8) is 0 Å². The summed E-state index contributed by atoms with van der Waals surface area (Å²) in [5, 5.41) is 0.